The van der Waals surface area contributed by atoms with E-state index in [9.17, 15) is 0 Å². The summed E-state index contributed by atoms with van der Waals surface area (Å²) in [7, 11) is 0. The van der Waals surface area contributed by atoms with Gasteiger partial charge in [-0.15, -0.1) is 0 Å². The highest BCUT2D eigenvalue weighted by Gasteiger charge is 2.31. The number of ether oxygens (including phenoxy) is 1. The summed E-state index contributed by atoms with van der Waals surface area (Å²) < 4.78 is 5.52. The van der Waals surface area contributed by atoms with Crippen molar-refractivity contribution in [2.45, 2.75) is 40.0 Å². The van der Waals surface area contributed by atoms with Crippen molar-refractivity contribution in [1.82, 2.24) is 5.32 Å². The number of nitrogens with one attached hydrogen (secondary N) is 1. The maximum Gasteiger partial charge on any atom is 0.113 e. The van der Waals surface area contributed by atoms with Gasteiger partial charge in [0, 0.05) is 11.5 Å². The molecule has 2 nitrogen and oxygen atoms in total. The molecule has 1 N–H and O–H groups in total. The van der Waals surface area contributed by atoms with Crippen LogP contribution in [-0.2, 0) is 4.74 Å². The van der Waals surface area contributed by atoms with Crippen molar-refractivity contribution in [1.29, 1.82) is 0 Å². The Morgan fingerprint density at radius 3 is 2.20 bits per heavy atom. The van der Waals surface area contributed by atoms with Crippen LogP contribution in [0.4, 0.5) is 0 Å². The van der Waals surface area contributed by atoms with Gasteiger partial charge in [-0.05, 0) is 6.92 Å². The summed E-state index contributed by atoms with van der Waals surface area (Å²) in [6.45, 7) is 9.54. The predicted octanol–water partition coefficient (Wildman–Crippen LogP) is 1.37. The van der Waals surface area contributed by atoms with Gasteiger partial charge in [-0.3, -0.25) is 5.32 Å². The van der Waals surface area contributed by atoms with Crippen molar-refractivity contribution in [3.8, 4) is 0 Å². The lowest BCUT2D eigenvalue weighted by Crippen LogP contribution is -2.38. The van der Waals surface area contributed by atoms with Crippen LogP contribution in [0.5, 0.6) is 0 Å². The molecule has 1 rings (SSSR count). The number of rotatable bonds is 0. The molecule has 0 aliphatic carbocycles. The first-order valence-corrected chi connectivity index (χ1v) is 3.88. The molecule has 0 spiro atoms. The van der Waals surface area contributed by atoms with Crippen LogP contribution in [-0.4, -0.2) is 18.9 Å². The van der Waals surface area contributed by atoms with E-state index < -0.39 is 0 Å². The summed E-state index contributed by atoms with van der Waals surface area (Å²) in [6.07, 6.45) is 0.238. The lowest BCUT2D eigenvalue weighted by atomic mass is 9.94. The molecule has 1 unspecified atom stereocenters. The average Bonchev–Trinajstić information content (AvgIpc) is 2.11. The maximum absolute atomic E-state index is 5.52. The van der Waals surface area contributed by atoms with E-state index in [1.165, 1.54) is 0 Å². The molecule has 1 saturated heterocycles. The Kier molecular flexibility index (Phi) is 2.02. The Balaban J connectivity index is 2.45. The van der Waals surface area contributed by atoms with Gasteiger partial charge in [-0.1, -0.05) is 20.8 Å². The van der Waals surface area contributed by atoms with Crippen molar-refractivity contribution in [2.24, 2.45) is 5.41 Å². The zero-order chi connectivity index (χ0) is 7.78. The Labute approximate surface area is 63.0 Å². The van der Waals surface area contributed by atoms with Gasteiger partial charge in [0.15, 0.2) is 0 Å². The van der Waals surface area contributed by atoms with Crippen LogP contribution in [0.1, 0.15) is 27.7 Å². The molecule has 0 aromatic heterocycles. The van der Waals surface area contributed by atoms with Crippen molar-refractivity contribution in [3.05, 3.63) is 0 Å². The van der Waals surface area contributed by atoms with Crippen LogP contribution in [0.2, 0.25) is 0 Å². The molecule has 1 aliphatic rings. The highest BCUT2D eigenvalue weighted by molar-refractivity contribution is 4.80. The van der Waals surface area contributed by atoms with Gasteiger partial charge >= 0.3 is 0 Å². The third-order valence-electron chi connectivity index (χ3n) is 1.74. The Hall–Kier alpha value is -0.0800. The summed E-state index contributed by atoms with van der Waals surface area (Å²) in [5, 5.41) is 3.37. The van der Waals surface area contributed by atoms with Crippen LogP contribution in [0.15, 0.2) is 0 Å². The van der Waals surface area contributed by atoms with Gasteiger partial charge in [0.25, 0.3) is 0 Å². The largest absolute Gasteiger partial charge is 0.361 e. The first-order valence-electron chi connectivity index (χ1n) is 3.88. The van der Waals surface area contributed by atoms with Gasteiger partial charge < -0.3 is 4.74 Å². The van der Waals surface area contributed by atoms with Crippen LogP contribution in [0.25, 0.3) is 0 Å². The molecule has 0 aromatic carbocycles. The highest BCUT2D eigenvalue weighted by atomic mass is 16.5. The van der Waals surface area contributed by atoms with E-state index in [0.717, 1.165) is 6.61 Å². The minimum atomic E-state index is 0.227. The number of hydrogen-bond acceptors (Lipinski definition) is 2. The molecule has 1 aliphatic heterocycles. The average molecular weight is 143 g/mol. The molecule has 10 heavy (non-hydrogen) atoms. The summed E-state index contributed by atoms with van der Waals surface area (Å²) in [4.78, 5) is 0. The maximum atomic E-state index is 5.52. The van der Waals surface area contributed by atoms with Gasteiger partial charge in [0.1, 0.15) is 6.23 Å². The van der Waals surface area contributed by atoms with Crippen LogP contribution < -0.4 is 5.32 Å². The summed E-state index contributed by atoms with van der Waals surface area (Å²) in [5.41, 5.74) is 0.227. The minimum Gasteiger partial charge on any atom is -0.361 e. The van der Waals surface area contributed by atoms with E-state index in [-0.39, 0.29) is 11.6 Å². The Bertz CT molecular complexity index is 117. The van der Waals surface area contributed by atoms with Crippen molar-refractivity contribution < 1.29 is 4.74 Å². The molecule has 1 fully saturated rings. The van der Waals surface area contributed by atoms with Gasteiger partial charge in [0.05, 0.1) is 6.61 Å². The monoisotopic (exact) mass is 143 g/mol. The van der Waals surface area contributed by atoms with E-state index in [1.807, 2.05) is 0 Å². The van der Waals surface area contributed by atoms with E-state index >= 15 is 0 Å². The van der Waals surface area contributed by atoms with Gasteiger partial charge in [0.2, 0.25) is 0 Å². The standard InChI is InChI=1S/C8H17NO/c1-6-5-10-7(9-6)8(2,3)4/h6-7,9H,5H2,1-4H3/t6-,7?/m0/s1. The first-order chi connectivity index (χ1) is 4.50. The van der Waals surface area contributed by atoms with Crippen molar-refractivity contribution >= 4 is 0 Å². The predicted molar refractivity (Wildman–Crippen MR) is 41.8 cm³/mol. The van der Waals surface area contributed by atoms with Crippen molar-refractivity contribution in [2.75, 3.05) is 6.61 Å². The normalized spacial score (nSPS) is 34.8. The van der Waals surface area contributed by atoms with Gasteiger partial charge in [-0.2, -0.15) is 0 Å². The smallest absolute Gasteiger partial charge is 0.113 e. The third-order valence-corrected chi connectivity index (χ3v) is 1.74. The fraction of sp³-hybridized carbons (Fsp3) is 1.00. The molecule has 0 bridgehead atoms. The lowest BCUT2D eigenvalue weighted by Gasteiger charge is -2.25. The van der Waals surface area contributed by atoms with E-state index in [0.29, 0.717) is 6.04 Å². The zero-order valence-electron chi connectivity index (χ0n) is 7.27. The molecule has 0 amide bonds. The summed E-state index contributed by atoms with van der Waals surface area (Å²) in [5.74, 6) is 0. The summed E-state index contributed by atoms with van der Waals surface area (Å²) in [6, 6.07) is 0.518. The second-order valence-corrected chi connectivity index (χ2v) is 4.15. The van der Waals surface area contributed by atoms with Crippen LogP contribution >= 0.6 is 0 Å². The molecule has 1 heterocycles. The van der Waals surface area contributed by atoms with E-state index in [1.54, 1.807) is 0 Å². The lowest BCUT2D eigenvalue weighted by molar-refractivity contribution is 0.0173. The van der Waals surface area contributed by atoms with E-state index in [4.69, 9.17) is 4.74 Å². The fourth-order valence-corrected chi connectivity index (χ4v) is 1.10. The quantitative estimate of drug-likeness (QED) is 0.553. The topological polar surface area (TPSA) is 21.3 Å². The molecule has 0 saturated carbocycles. The second kappa shape index (κ2) is 2.51. The van der Waals surface area contributed by atoms with Crippen molar-refractivity contribution in [3.63, 3.8) is 0 Å². The van der Waals surface area contributed by atoms with Crippen LogP contribution in [0.3, 0.4) is 0 Å². The second-order valence-electron chi connectivity index (χ2n) is 4.15. The SMILES string of the molecule is C[C@H]1COC(C(C)(C)C)N1. The molecule has 60 valence electrons. The first kappa shape index (κ1) is 8.02. The highest BCUT2D eigenvalue weighted by Crippen LogP contribution is 2.23. The Morgan fingerprint density at radius 1 is 1.40 bits per heavy atom. The molecule has 2 heteroatoms. The van der Waals surface area contributed by atoms with Gasteiger partial charge in [-0.25, -0.2) is 0 Å². The molecule has 0 aromatic rings. The fourth-order valence-electron chi connectivity index (χ4n) is 1.10. The minimum absolute atomic E-state index is 0.227. The summed E-state index contributed by atoms with van der Waals surface area (Å²) >= 11 is 0. The number of hydrogen-bond donors (Lipinski definition) is 1. The molecule has 2 atom stereocenters. The third kappa shape index (κ3) is 1.70. The zero-order valence-corrected chi connectivity index (χ0v) is 7.27. The van der Waals surface area contributed by atoms with Crippen LogP contribution in [0, 0.1) is 5.41 Å². The molecular weight excluding hydrogens is 126 g/mol. The Morgan fingerprint density at radius 2 is 2.00 bits per heavy atom. The van der Waals surface area contributed by atoms with E-state index in [2.05, 4.69) is 33.0 Å². The molecular formula is C8H17NO. The molecule has 0 radical (unpaired) electrons.